The molecular weight excluding hydrogens is 436 g/mol. The highest BCUT2D eigenvalue weighted by Gasteiger charge is 2.24. The molecule has 0 atom stereocenters. The van der Waals surface area contributed by atoms with Crippen LogP contribution in [0.1, 0.15) is 26.3 Å². The maximum absolute atomic E-state index is 12.6. The molecule has 2 fully saturated rings. The molecule has 0 aromatic heterocycles. The summed E-state index contributed by atoms with van der Waals surface area (Å²) in [5, 5.41) is 12.5. The van der Waals surface area contributed by atoms with Crippen molar-refractivity contribution in [2.24, 2.45) is 0 Å². The molecule has 2 aliphatic heterocycles. The number of hydrogen-bond donors (Lipinski definition) is 2. The van der Waals surface area contributed by atoms with Gasteiger partial charge in [-0.1, -0.05) is 17.7 Å². The van der Waals surface area contributed by atoms with E-state index in [1.807, 2.05) is 30.0 Å². The highest BCUT2D eigenvalue weighted by molar-refractivity contribution is 6.08. The lowest BCUT2D eigenvalue weighted by molar-refractivity contribution is -0.136. The predicted octanol–water partition coefficient (Wildman–Crippen LogP) is 1.93. The number of nitrogens with one attached hydrogen (secondary N) is 1. The molecule has 0 saturated carbocycles. The van der Waals surface area contributed by atoms with Gasteiger partial charge < -0.3 is 25.0 Å². The van der Waals surface area contributed by atoms with E-state index in [4.69, 9.17) is 4.74 Å². The number of ether oxygens (including phenoxy) is 1. The van der Waals surface area contributed by atoms with Gasteiger partial charge in [0, 0.05) is 50.5 Å². The fourth-order valence-electron chi connectivity index (χ4n) is 4.18. The standard InChI is InChI=1S/C25H30N4O5/c1-18-2-4-19(5-3-18)24(31)26-22-7-6-20(16-21(22)25(32)33)28-10-8-27(9-11-28)17-23(30)29-12-14-34-15-13-29/h2-7,16H,8-15,17H2,1H3,(H,26,31)(H,32,33). The number of carboxylic acids is 1. The Morgan fingerprint density at radius 1 is 0.941 bits per heavy atom. The fourth-order valence-corrected chi connectivity index (χ4v) is 4.18. The predicted molar refractivity (Wildman–Crippen MR) is 129 cm³/mol. The normalized spacial score (nSPS) is 16.9. The van der Waals surface area contributed by atoms with Crippen molar-refractivity contribution in [3.05, 3.63) is 59.2 Å². The van der Waals surface area contributed by atoms with Gasteiger partial charge in [-0.3, -0.25) is 14.5 Å². The molecule has 9 heteroatoms. The third-order valence-electron chi connectivity index (χ3n) is 6.26. The first-order chi connectivity index (χ1) is 16.4. The number of piperazine rings is 1. The molecular formula is C25H30N4O5. The number of hydrogen-bond acceptors (Lipinski definition) is 6. The Morgan fingerprint density at radius 2 is 1.62 bits per heavy atom. The summed E-state index contributed by atoms with van der Waals surface area (Å²) in [5.74, 6) is -1.33. The second-order valence-electron chi connectivity index (χ2n) is 8.61. The number of carboxylic acid groups (broad SMARTS) is 1. The average molecular weight is 467 g/mol. The van der Waals surface area contributed by atoms with Crippen LogP contribution in [0.15, 0.2) is 42.5 Å². The van der Waals surface area contributed by atoms with Gasteiger partial charge in [-0.05, 0) is 37.3 Å². The number of anilines is 2. The summed E-state index contributed by atoms with van der Waals surface area (Å²) in [4.78, 5) is 43.1. The SMILES string of the molecule is Cc1ccc(C(=O)Nc2ccc(N3CCN(CC(=O)N4CCOCC4)CC3)cc2C(=O)O)cc1. The first kappa shape index (κ1) is 23.7. The number of carbonyl (C=O) groups is 3. The first-order valence-electron chi connectivity index (χ1n) is 11.5. The number of carbonyl (C=O) groups excluding carboxylic acids is 2. The van der Waals surface area contributed by atoms with Crippen LogP contribution in [0.4, 0.5) is 11.4 Å². The van der Waals surface area contributed by atoms with Gasteiger partial charge in [0.15, 0.2) is 0 Å². The van der Waals surface area contributed by atoms with E-state index >= 15 is 0 Å². The fraction of sp³-hybridized carbons (Fsp3) is 0.400. The van der Waals surface area contributed by atoms with Crippen molar-refractivity contribution in [1.29, 1.82) is 0 Å². The van der Waals surface area contributed by atoms with Gasteiger partial charge in [0.25, 0.3) is 5.91 Å². The van der Waals surface area contributed by atoms with Gasteiger partial charge in [-0.25, -0.2) is 4.79 Å². The monoisotopic (exact) mass is 466 g/mol. The zero-order valence-corrected chi connectivity index (χ0v) is 19.3. The lowest BCUT2D eigenvalue weighted by Crippen LogP contribution is -2.51. The van der Waals surface area contributed by atoms with Crippen LogP contribution in [-0.2, 0) is 9.53 Å². The van der Waals surface area contributed by atoms with Crippen molar-refractivity contribution in [2.45, 2.75) is 6.92 Å². The Bertz CT molecular complexity index is 1040. The van der Waals surface area contributed by atoms with Crippen LogP contribution in [0.3, 0.4) is 0 Å². The molecule has 2 aromatic rings. The van der Waals surface area contributed by atoms with Crippen LogP contribution in [0.5, 0.6) is 0 Å². The van der Waals surface area contributed by atoms with E-state index in [0.717, 1.165) is 11.3 Å². The second-order valence-corrected chi connectivity index (χ2v) is 8.61. The number of rotatable bonds is 6. The highest BCUT2D eigenvalue weighted by Crippen LogP contribution is 2.25. The zero-order valence-electron chi connectivity index (χ0n) is 19.3. The molecule has 34 heavy (non-hydrogen) atoms. The number of aryl methyl sites for hydroxylation is 1. The molecule has 0 bridgehead atoms. The average Bonchev–Trinajstić information content (AvgIpc) is 2.85. The Morgan fingerprint density at radius 3 is 2.26 bits per heavy atom. The summed E-state index contributed by atoms with van der Waals surface area (Å²) in [5.41, 5.74) is 2.59. The molecule has 180 valence electrons. The van der Waals surface area contributed by atoms with Crippen molar-refractivity contribution in [1.82, 2.24) is 9.80 Å². The van der Waals surface area contributed by atoms with E-state index in [1.54, 1.807) is 24.3 Å². The Kier molecular flexibility index (Phi) is 7.44. The van der Waals surface area contributed by atoms with E-state index in [0.29, 0.717) is 64.6 Å². The van der Waals surface area contributed by atoms with Crippen molar-refractivity contribution >= 4 is 29.2 Å². The molecule has 0 unspecified atom stereocenters. The number of amides is 2. The van der Waals surface area contributed by atoms with Gasteiger partial charge in [-0.2, -0.15) is 0 Å². The largest absolute Gasteiger partial charge is 0.478 e. The summed E-state index contributed by atoms with van der Waals surface area (Å²) in [6, 6.07) is 12.2. The Labute approximate surface area is 198 Å². The molecule has 2 heterocycles. The van der Waals surface area contributed by atoms with Gasteiger partial charge >= 0.3 is 5.97 Å². The van der Waals surface area contributed by atoms with Gasteiger partial charge in [0.05, 0.1) is 31.0 Å². The number of nitrogens with zero attached hydrogens (tertiary/aromatic N) is 3. The molecule has 2 saturated heterocycles. The quantitative estimate of drug-likeness (QED) is 0.671. The van der Waals surface area contributed by atoms with Crippen molar-refractivity contribution < 1.29 is 24.2 Å². The van der Waals surface area contributed by atoms with E-state index in [-0.39, 0.29) is 23.1 Å². The number of morpholine rings is 1. The van der Waals surface area contributed by atoms with Crippen LogP contribution in [0.25, 0.3) is 0 Å². The molecule has 2 aliphatic rings. The highest BCUT2D eigenvalue weighted by atomic mass is 16.5. The summed E-state index contributed by atoms with van der Waals surface area (Å²) in [6.07, 6.45) is 0. The summed E-state index contributed by atoms with van der Waals surface area (Å²) in [7, 11) is 0. The minimum Gasteiger partial charge on any atom is -0.478 e. The van der Waals surface area contributed by atoms with Crippen LogP contribution >= 0.6 is 0 Å². The minimum atomic E-state index is -1.10. The maximum Gasteiger partial charge on any atom is 0.337 e. The van der Waals surface area contributed by atoms with E-state index in [2.05, 4.69) is 15.1 Å². The third-order valence-corrected chi connectivity index (χ3v) is 6.26. The topological polar surface area (TPSA) is 102 Å². The maximum atomic E-state index is 12.6. The molecule has 4 rings (SSSR count). The van der Waals surface area contributed by atoms with Crippen LogP contribution in [-0.4, -0.2) is 91.7 Å². The van der Waals surface area contributed by atoms with Crippen LogP contribution in [0.2, 0.25) is 0 Å². The Hall–Kier alpha value is -3.43. The number of aromatic carboxylic acids is 1. The molecule has 0 radical (unpaired) electrons. The lowest BCUT2D eigenvalue weighted by Gasteiger charge is -2.37. The van der Waals surface area contributed by atoms with Crippen molar-refractivity contribution in [3.8, 4) is 0 Å². The second kappa shape index (κ2) is 10.7. The van der Waals surface area contributed by atoms with E-state index in [1.165, 1.54) is 0 Å². The van der Waals surface area contributed by atoms with E-state index in [9.17, 15) is 19.5 Å². The molecule has 2 amide bonds. The van der Waals surface area contributed by atoms with Gasteiger partial charge in [0.2, 0.25) is 5.91 Å². The number of benzene rings is 2. The van der Waals surface area contributed by atoms with E-state index < -0.39 is 5.97 Å². The summed E-state index contributed by atoms with van der Waals surface area (Å²) < 4.78 is 5.31. The molecule has 9 nitrogen and oxygen atoms in total. The van der Waals surface area contributed by atoms with Gasteiger partial charge in [0.1, 0.15) is 0 Å². The summed E-state index contributed by atoms with van der Waals surface area (Å²) in [6.45, 7) is 7.58. The van der Waals surface area contributed by atoms with Gasteiger partial charge in [-0.15, -0.1) is 0 Å². The molecule has 2 aromatic carbocycles. The third kappa shape index (κ3) is 5.73. The Balaban J connectivity index is 1.37. The molecule has 2 N–H and O–H groups in total. The minimum absolute atomic E-state index is 0.0443. The first-order valence-corrected chi connectivity index (χ1v) is 11.5. The van der Waals surface area contributed by atoms with Crippen LogP contribution < -0.4 is 10.2 Å². The smallest absolute Gasteiger partial charge is 0.337 e. The molecule has 0 spiro atoms. The zero-order chi connectivity index (χ0) is 24.1. The van der Waals surface area contributed by atoms with Crippen molar-refractivity contribution in [3.63, 3.8) is 0 Å². The molecule has 0 aliphatic carbocycles. The summed E-state index contributed by atoms with van der Waals surface area (Å²) >= 11 is 0. The van der Waals surface area contributed by atoms with Crippen molar-refractivity contribution in [2.75, 3.05) is 69.2 Å². The lowest BCUT2D eigenvalue weighted by atomic mass is 10.1. The van der Waals surface area contributed by atoms with Crippen LogP contribution in [0, 0.1) is 6.92 Å².